The summed E-state index contributed by atoms with van der Waals surface area (Å²) in [5.41, 5.74) is 0. The molecule has 0 aliphatic heterocycles. The second kappa shape index (κ2) is 4.62. The van der Waals surface area contributed by atoms with Gasteiger partial charge in [-0.25, -0.2) is 8.42 Å². The molecule has 0 aromatic carbocycles. The lowest BCUT2D eigenvalue weighted by Crippen LogP contribution is -2.38. The number of carbonyl (C=O) groups is 1. The summed E-state index contributed by atoms with van der Waals surface area (Å²) in [7, 11) is -3.81. The van der Waals surface area contributed by atoms with Crippen molar-refractivity contribution in [2.45, 2.75) is 31.3 Å². The molecule has 1 heterocycles. The van der Waals surface area contributed by atoms with Crippen molar-refractivity contribution < 1.29 is 18.3 Å². The van der Waals surface area contributed by atoms with Gasteiger partial charge in [0.15, 0.2) is 0 Å². The minimum atomic E-state index is -3.81. The van der Waals surface area contributed by atoms with Gasteiger partial charge in [-0.1, -0.05) is 0 Å². The number of hydrogen-bond donors (Lipinski definition) is 2. The van der Waals surface area contributed by atoms with E-state index in [2.05, 4.69) is 5.10 Å². The van der Waals surface area contributed by atoms with E-state index in [1.54, 1.807) is 0 Å². The fourth-order valence-electron chi connectivity index (χ4n) is 1.01. The van der Waals surface area contributed by atoms with Crippen LogP contribution in [0.1, 0.15) is 13.8 Å². The first-order chi connectivity index (χ1) is 7.36. The molecule has 0 saturated carbocycles. The second-order valence-electron chi connectivity index (χ2n) is 3.21. The zero-order chi connectivity index (χ0) is 12.3. The SMILES string of the molecule is CCn1cc(S(=O)(=O)N[C@@H](C)C(=O)O)cn1. The average Bonchev–Trinajstić information content (AvgIpc) is 2.65. The van der Waals surface area contributed by atoms with Gasteiger partial charge in [0, 0.05) is 12.7 Å². The number of aliphatic carboxylic acids is 1. The van der Waals surface area contributed by atoms with Crippen molar-refractivity contribution in [2.75, 3.05) is 0 Å². The molecular weight excluding hydrogens is 234 g/mol. The highest BCUT2D eigenvalue weighted by Crippen LogP contribution is 2.07. The highest BCUT2D eigenvalue weighted by atomic mass is 32.2. The lowest BCUT2D eigenvalue weighted by molar-refractivity contribution is -0.138. The van der Waals surface area contributed by atoms with Gasteiger partial charge < -0.3 is 5.11 Å². The normalized spacial score (nSPS) is 13.6. The Balaban J connectivity index is 2.90. The average molecular weight is 247 g/mol. The first-order valence-corrected chi connectivity index (χ1v) is 6.12. The van der Waals surface area contributed by atoms with E-state index in [0.717, 1.165) is 0 Å². The lowest BCUT2D eigenvalue weighted by atomic mass is 10.4. The topological polar surface area (TPSA) is 101 Å². The maximum absolute atomic E-state index is 11.6. The van der Waals surface area contributed by atoms with E-state index in [4.69, 9.17) is 5.11 Å². The highest BCUT2D eigenvalue weighted by Gasteiger charge is 2.22. The van der Waals surface area contributed by atoms with Gasteiger partial charge >= 0.3 is 5.97 Å². The highest BCUT2D eigenvalue weighted by molar-refractivity contribution is 7.89. The van der Waals surface area contributed by atoms with Gasteiger partial charge in [0.1, 0.15) is 10.9 Å². The van der Waals surface area contributed by atoms with Gasteiger partial charge in [-0.2, -0.15) is 9.82 Å². The summed E-state index contributed by atoms with van der Waals surface area (Å²) < 4.78 is 26.8. The molecule has 8 heteroatoms. The van der Waals surface area contributed by atoms with E-state index in [9.17, 15) is 13.2 Å². The van der Waals surface area contributed by atoms with E-state index in [1.807, 2.05) is 11.6 Å². The quantitative estimate of drug-likeness (QED) is 0.740. The number of sulfonamides is 1. The van der Waals surface area contributed by atoms with Crippen molar-refractivity contribution in [2.24, 2.45) is 0 Å². The number of carboxylic acids is 1. The van der Waals surface area contributed by atoms with Gasteiger partial charge in [0.05, 0.1) is 6.20 Å². The van der Waals surface area contributed by atoms with Crippen LogP contribution >= 0.6 is 0 Å². The van der Waals surface area contributed by atoms with Crippen LogP contribution in [-0.4, -0.2) is 35.3 Å². The van der Waals surface area contributed by atoms with Crippen molar-refractivity contribution in [1.82, 2.24) is 14.5 Å². The molecule has 0 aliphatic rings. The number of nitrogens with one attached hydrogen (secondary N) is 1. The molecule has 0 bridgehead atoms. The molecule has 0 aliphatic carbocycles. The van der Waals surface area contributed by atoms with Crippen molar-refractivity contribution in [3.8, 4) is 0 Å². The molecular formula is C8H13N3O4S. The largest absolute Gasteiger partial charge is 0.480 e. The van der Waals surface area contributed by atoms with Gasteiger partial charge in [-0.3, -0.25) is 9.48 Å². The van der Waals surface area contributed by atoms with E-state index in [0.29, 0.717) is 6.54 Å². The molecule has 1 atom stereocenters. The Labute approximate surface area is 93.1 Å². The first-order valence-electron chi connectivity index (χ1n) is 4.64. The van der Waals surface area contributed by atoms with Crippen molar-refractivity contribution in [3.05, 3.63) is 12.4 Å². The van der Waals surface area contributed by atoms with Crippen LogP contribution in [0.25, 0.3) is 0 Å². The van der Waals surface area contributed by atoms with Gasteiger partial charge in [0.2, 0.25) is 10.0 Å². The Morgan fingerprint density at radius 3 is 2.75 bits per heavy atom. The molecule has 0 fully saturated rings. The summed E-state index contributed by atoms with van der Waals surface area (Å²) >= 11 is 0. The van der Waals surface area contributed by atoms with Crippen LogP contribution in [0.15, 0.2) is 17.3 Å². The van der Waals surface area contributed by atoms with Crippen LogP contribution in [0.2, 0.25) is 0 Å². The van der Waals surface area contributed by atoms with Crippen molar-refractivity contribution in [1.29, 1.82) is 0 Å². The molecule has 0 unspecified atom stereocenters. The van der Waals surface area contributed by atoms with Gasteiger partial charge in [-0.15, -0.1) is 0 Å². The van der Waals surface area contributed by atoms with Crippen LogP contribution in [0.3, 0.4) is 0 Å². The summed E-state index contributed by atoms with van der Waals surface area (Å²) in [4.78, 5) is 10.5. The molecule has 16 heavy (non-hydrogen) atoms. The third-order valence-corrected chi connectivity index (χ3v) is 3.44. The van der Waals surface area contributed by atoms with Crippen molar-refractivity contribution in [3.63, 3.8) is 0 Å². The van der Waals surface area contributed by atoms with Gasteiger partial charge in [0.25, 0.3) is 0 Å². The third-order valence-electron chi connectivity index (χ3n) is 1.95. The maximum Gasteiger partial charge on any atom is 0.321 e. The standard InChI is InChI=1S/C8H13N3O4S/c1-3-11-5-7(4-9-11)16(14,15)10-6(2)8(12)13/h4-6,10H,3H2,1-2H3,(H,12,13)/t6-/m0/s1. The number of aryl methyl sites for hydroxylation is 1. The molecule has 1 aromatic heterocycles. The van der Waals surface area contributed by atoms with E-state index >= 15 is 0 Å². The molecule has 1 aromatic rings. The van der Waals surface area contributed by atoms with E-state index < -0.39 is 22.0 Å². The van der Waals surface area contributed by atoms with Crippen LogP contribution in [-0.2, 0) is 21.4 Å². The van der Waals surface area contributed by atoms with Gasteiger partial charge in [-0.05, 0) is 13.8 Å². The molecule has 0 saturated heterocycles. The second-order valence-corrected chi connectivity index (χ2v) is 4.93. The van der Waals surface area contributed by atoms with Crippen molar-refractivity contribution >= 4 is 16.0 Å². The van der Waals surface area contributed by atoms with Crippen LogP contribution in [0, 0.1) is 0 Å². The predicted molar refractivity (Wildman–Crippen MR) is 55.3 cm³/mol. The smallest absolute Gasteiger partial charge is 0.321 e. The number of carboxylic acid groups (broad SMARTS) is 1. The fourth-order valence-corrected chi connectivity index (χ4v) is 2.16. The molecule has 0 radical (unpaired) electrons. The first kappa shape index (κ1) is 12.7. The molecule has 7 nitrogen and oxygen atoms in total. The van der Waals surface area contributed by atoms with Crippen LogP contribution < -0.4 is 4.72 Å². The number of aromatic nitrogens is 2. The Morgan fingerprint density at radius 2 is 2.31 bits per heavy atom. The van der Waals surface area contributed by atoms with E-state index in [1.165, 1.54) is 24.0 Å². The molecule has 2 N–H and O–H groups in total. The Kier molecular flexibility index (Phi) is 3.66. The summed E-state index contributed by atoms with van der Waals surface area (Å²) in [6.45, 7) is 3.62. The number of rotatable bonds is 5. The van der Waals surface area contributed by atoms with Crippen LogP contribution in [0.5, 0.6) is 0 Å². The summed E-state index contributed by atoms with van der Waals surface area (Å²) in [5.74, 6) is -1.23. The summed E-state index contributed by atoms with van der Waals surface area (Å²) in [5, 5.41) is 12.4. The molecule has 0 amide bonds. The number of nitrogens with zero attached hydrogens (tertiary/aromatic N) is 2. The van der Waals surface area contributed by atoms with Crippen LogP contribution in [0.4, 0.5) is 0 Å². The molecule has 1 rings (SSSR count). The third kappa shape index (κ3) is 2.80. The Bertz CT molecular complexity index is 479. The summed E-state index contributed by atoms with van der Waals surface area (Å²) in [6.07, 6.45) is 2.53. The minimum absolute atomic E-state index is 0.0394. The lowest BCUT2D eigenvalue weighted by Gasteiger charge is -2.07. The molecule has 0 spiro atoms. The Hall–Kier alpha value is -1.41. The summed E-state index contributed by atoms with van der Waals surface area (Å²) in [6, 6.07) is -1.17. The monoisotopic (exact) mass is 247 g/mol. The maximum atomic E-state index is 11.6. The zero-order valence-corrected chi connectivity index (χ0v) is 9.73. The minimum Gasteiger partial charge on any atom is -0.480 e. The Morgan fingerprint density at radius 1 is 1.69 bits per heavy atom. The van der Waals surface area contributed by atoms with E-state index in [-0.39, 0.29) is 4.90 Å². The molecule has 90 valence electrons. The predicted octanol–water partition coefficient (Wildman–Crippen LogP) is -0.346. The number of hydrogen-bond acceptors (Lipinski definition) is 4. The fraction of sp³-hybridized carbons (Fsp3) is 0.500. The zero-order valence-electron chi connectivity index (χ0n) is 8.91.